The first-order valence-corrected chi connectivity index (χ1v) is 8.87. The molecule has 4 rings (SSSR count). The Morgan fingerprint density at radius 3 is 2.57 bits per heavy atom. The SMILES string of the molecule is N#Cc1nn(-c2cc(Cl)c(N3CCc4cc(O)ccc43)c(Cl)c2)c(=O)[nH]c1=O. The maximum atomic E-state index is 12.1. The van der Waals surface area contributed by atoms with E-state index in [-0.39, 0.29) is 21.5 Å². The first kappa shape index (κ1) is 18.1. The first-order chi connectivity index (χ1) is 13.4. The van der Waals surface area contributed by atoms with Gasteiger partial charge in [0.15, 0.2) is 0 Å². The molecule has 0 spiro atoms. The number of halogens is 2. The normalized spacial score (nSPS) is 12.7. The highest BCUT2D eigenvalue weighted by Crippen LogP contribution is 2.43. The number of H-pyrrole nitrogens is 1. The van der Waals surface area contributed by atoms with Crippen LogP contribution in [0.1, 0.15) is 11.3 Å². The van der Waals surface area contributed by atoms with E-state index in [0.717, 1.165) is 15.9 Å². The second kappa shape index (κ2) is 6.71. The van der Waals surface area contributed by atoms with Crippen LogP contribution in [0.5, 0.6) is 5.75 Å². The third kappa shape index (κ3) is 2.91. The largest absolute Gasteiger partial charge is 0.508 e. The number of hydrogen-bond donors (Lipinski definition) is 2. The summed E-state index contributed by atoms with van der Waals surface area (Å²) in [5.41, 5.74) is 0.467. The van der Waals surface area contributed by atoms with Gasteiger partial charge in [-0.15, -0.1) is 5.10 Å². The Balaban J connectivity index is 1.83. The van der Waals surface area contributed by atoms with Gasteiger partial charge in [0.2, 0.25) is 5.69 Å². The van der Waals surface area contributed by atoms with Gasteiger partial charge in [0.05, 0.1) is 21.4 Å². The van der Waals surface area contributed by atoms with Crippen molar-refractivity contribution in [1.29, 1.82) is 5.26 Å². The van der Waals surface area contributed by atoms with Crippen molar-refractivity contribution in [2.45, 2.75) is 6.42 Å². The fourth-order valence-corrected chi connectivity index (χ4v) is 3.88. The van der Waals surface area contributed by atoms with Gasteiger partial charge in [-0.1, -0.05) is 23.2 Å². The molecule has 0 unspecified atom stereocenters. The van der Waals surface area contributed by atoms with Gasteiger partial charge >= 0.3 is 5.69 Å². The number of rotatable bonds is 2. The number of phenols is 1. The highest BCUT2D eigenvalue weighted by molar-refractivity contribution is 6.39. The van der Waals surface area contributed by atoms with Crippen LogP contribution >= 0.6 is 23.2 Å². The molecule has 8 nitrogen and oxygen atoms in total. The van der Waals surface area contributed by atoms with Gasteiger partial charge in [0, 0.05) is 12.2 Å². The molecule has 2 N–H and O–H groups in total. The number of nitriles is 1. The van der Waals surface area contributed by atoms with Crippen molar-refractivity contribution in [1.82, 2.24) is 14.8 Å². The number of hydrogen-bond acceptors (Lipinski definition) is 6. The Morgan fingerprint density at radius 2 is 1.89 bits per heavy atom. The monoisotopic (exact) mass is 415 g/mol. The van der Waals surface area contributed by atoms with E-state index in [1.165, 1.54) is 12.1 Å². The van der Waals surface area contributed by atoms with E-state index in [2.05, 4.69) is 5.10 Å². The molecule has 0 amide bonds. The molecular formula is C18H11Cl2N5O3. The van der Waals surface area contributed by atoms with Crippen molar-refractivity contribution in [2.24, 2.45) is 0 Å². The lowest BCUT2D eigenvalue weighted by Gasteiger charge is -2.23. The molecule has 2 aromatic carbocycles. The first-order valence-electron chi connectivity index (χ1n) is 8.11. The number of nitrogens with zero attached hydrogens (tertiary/aromatic N) is 4. The summed E-state index contributed by atoms with van der Waals surface area (Å²) in [6.45, 7) is 0.618. The van der Waals surface area contributed by atoms with E-state index in [1.807, 2.05) is 9.88 Å². The van der Waals surface area contributed by atoms with Crippen LogP contribution in [0.4, 0.5) is 11.4 Å². The highest BCUT2D eigenvalue weighted by Gasteiger charge is 2.25. The topological polar surface area (TPSA) is 115 Å². The summed E-state index contributed by atoms with van der Waals surface area (Å²) >= 11 is 12.9. The zero-order valence-corrected chi connectivity index (χ0v) is 15.6. The molecule has 0 bridgehead atoms. The molecule has 0 atom stereocenters. The molecule has 0 saturated carbocycles. The van der Waals surface area contributed by atoms with E-state index in [1.54, 1.807) is 24.3 Å². The molecule has 0 radical (unpaired) electrons. The fraction of sp³-hybridized carbons (Fsp3) is 0.111. The van der Waals surface area contributed by atoms with Gasteiger partial charge in [0.25, 0.3) is 5.56 Å². The van der Waals surface area contributed by atoms with Crippen LogP contribution in [0.2, 0.25) is 10.0 Å². The Bertz CT molecular complexity index is 1250. The van der Waals surface area contributed by atoms with E-state index in [0.29, 0.717) is 18.7 Å². The highest BCUT2D eigenvalue weighted by atomic mass is 35.5. The molecular weight excluding hydrogens is 405 g/mol. The van der Waals surface area contributed by atoms with E-state index in [9.17, 15) is 14.7 Å². The average molecular weight is 416 g/mol. The van der Waals surface area contributed by atoms with Gasteiger partial charge in [-0.2, -0.15) is 9.94 Å². The second-order valence-corrected chi connectivity index (χ2v) is 6.92. The molecule has 3 aromatic rings. The summed E-state index contributed by atoms with van der Waals surface area (Å²) in [6, 6.07) is 9.65. The number of nitrogens with one attached hydrogen (secondary N) is 1. The Labute approximate surface area is 167 Å². The lowest BCUT2D eigenvalue weighted by Crippen LogP contribution is -2.33. The number of fused-ring (bicyclic) bond motifs is 1. The minimum Gasteiger partial charge on any atom is -0.508 e. The lowest BCUT2D eigenvalue weighted by molar-refractivity contribution is 0.475. The van der Waals surface area contributed by atoms with Gasteiger partial charge in [-0.05, 0) is 42.3 Å². The Kier molecular flexibility index (Phi) is 4.34. The summed E-state index contributed by atoms with van der Waals surface area (Å²) < 4.78 is 0.859. The van der Waals surface area contributed by atoms with Gasteiger partial charge in [0.1, 0.15) is 11.8 Å². The van der Waals surface area contributed by atoms with E-state index < -0.39 is 16.9 Å². The molecule has 1 aliphatic rings. The maximum Gasteiger partial charge on any atom is 0.349 e. The molecule has 0 aliphatic carbocycles. The van der Waals surface area contributed by atoms with Crippen molar-refractivity contribution in [3.8, 4) is 17.5 Å². The molecule has 0 saturated heterocycles. The van der Waals surface area contributed by atoms with Crippen LogP contribution in [0, 0.1) is 11.3 Å². The summed E-state index contributed by atoms with van der Waals surface area (Å²) in [4.78, 5) is 27.6. The van der Waals surface area contributed by atoms with Gasteiger partial charge in [-0.3, -0.25) is 9.78 Å². The van der Waals surface area contributed by atoms with Gasteiger partial charge < -0.3 is 10.0 Å². The van der Waals surface area contributed by atoms with E-state index in [4.69, 9.17) is 28.5 Å². The van der Waals surface area contributed by atoms with Crippen molar-refractivity contribution in [3.63, 3.8) is 0 Å². The molecule has 1 aromatic heterocycles. The van der Waals surface area contributed by atoms with Gasteiger partial charge in [-0.25, -0.2) is 4.79 Å². The smallest absolute Gasteiger partial charge is 0.349 e. The molecule has 2 heterocycles. The summed E-state index contributed by atoms with van der Waals surface area (Å²) in [5, 5.41) is 22.9. The second-order valence-electron chi connectivity index (χ2n) is 6.10. The zero-order chi connectivity index (χ0) is 20.0. The van der Waals surface area contributed by atoms with E-state index >= 15 is 0 Å². The molecule has 0 fully saturated rings. The van der Waals surface area contributed by atoms with Crippen molar-refractivity contribution in [2.75, 3.05) is 11.4 Å². The summed E-state index contributed by atoms with van der Waals surface area (Å²) in [5.74, 6) is 0.185. The third-order valence-corrected chi connectivity index (χ3v) is 4.98. The van der Waals surface area contributed by atoms with Crippen LogP contribution in [0.15, 0.2) is 39.9 Å². The average Bonchev–Trinajstić information content (AvgIpc) is 3.04. The molecule has 28 heavy (non-hydrogen) atoms. The zero-order valence-electron chi connectivity index (χ0n) is 14.1. The number of benzene rings is 2. The van der Waals surface area contributed by atoms with Crippen molar-refractivity contribution < 1.29 is 5.11 Å². The van der Waals surface area contributed by atoms with Crippen LogP contribution in [-0.4, -0.2) is 26.4 Å². The Morgan fingerprint density at radius 1 is 1.18 bits per heavy atom. The molecule has 10 heteroatoms. The molecule has 1 aliphatic heterocycles. The van der Waals surface area contributed by atoms with Crippen LogP contribution in [0.3, 0.4) is 0 Å². The number of phenolic OH excluding ortho intramolecular Hbond substituents is 1. The van der Waals surface area contributed by atoms with Crippen LogP contribution in [0.25, 0.3) is 5.69 Å². The summed E-state index contributed by atoms with van der Waals surface area (Å²) in [6.07, 6.45) is 0.713. The predicted octanol–water partition coefficient (Wildman–Crippen LogP) is 2.50. The fourth-order valence-electron chi connectivity index (χ4n) is 3.20. The van der Waals surface area contributed by atoms with Crippen molar-refractivity contribution >= 4 is 34.6 Å². The molecule has 140 valence electrons. The predicted molar refractivity (Wildman–Crippen MR) is 104 cm³/mol. The quantitative estimate of drug-likeness (QED) is 0.664. The number of aromatic nitrogens is 3. The minimum absolute atomic E-state index is 0.185. The van der Waals surface area contributed by atoms with Crippen LogP contribution in [-0.2, 0) is 6.42 Å². The maximum absolute atomic E-state index is 12.1. The number of aromatic hydroxyl groups is 1. The Hall–Kier alpha value is -3.28. The standard InChI is InChI=1S/C18H11Cl2N5O3/c19-12-6-10(25-18(28)22-17(27)14(8-21)23-25)7-13(20)16(12)24-4-3-9-5-11(26)1-2-15(9)24/h1-2,5-7,26H,3-4H2,(H,22,27,28). The number of aromatic amines is 1. The third-order valence-electron chi connectivity index (χ3n) is 4.41. The lowest BCUT2D eigenvalue weighted by atomic mass is 10.1. The van der Waals surface area contributed by atoms with Crippen LogP contribution < -0.4 is 16.1 Å². The van der Waals surface area contributed by atoms with Crippen molar-refractivity contribution in [3.05, 3.63) is 72.5 Å². The minimum atomic E-state index is -0.866. The number of anilines is 2. The summed E-state index contributed by atoms with van der Waals surface area (Å²) in [7, 11) is 0.